The third kappa shape index (κ3) is 9.48. The van der Waals surface area contributed by atoms with E-state index < -0.39 is 12.4 Å². The number of benzene rings is 1. The van der Waals surface area contributed by atoms with E-state index in [-0.39, 0.29) is 11.9 Å². The zero-order chi connectivity index (χ0) is 24.1. The zero-order valence-corrected chi connectivity index (χ0v) is 21.2. The van der Waals surface area contributed by atoms with Crippen molar-refractivity contribution >= 4 is 11.9 Å². The molecule has 1 aromatic carbocycles. The van der Waals surface area contributed by atoms with E-state index in [1.54, 1.807) is 0 Å². The Morgan fingerprint density at radius 2 is 1.67 bits per heavy atom. The Hall–Kier alpha value is -1.88. The Labute approximate surface area is 201 Å². The highest BCUT2D eigenvalue weighted by atomic mass is 16.4. The van der Waals surface area contributed by atoms with Gasteiger partial charge in [-0.15, -0.1) is 0 Å². The number of unbranched alkanes of at least 4 members (excludes halogenated alkanes) is 2. The van der Waals surface area contributed by atoms with E-state index in [2.05, 4.69) is 25.8 Å². The zero-order valence-electron chi connectivity index (χ0n) is 21.2. The molecular formula is C28H46N2O3. The number of carbonyl (C=O) groups excluding carboxylic acids is 1. The van der Waals surface area contributed by atoms with Crippen molar-refractivity contribution in [3.63, 3.8) is 0 Å². The molecule has 1 aromatic rings. The van der Waals surface area contributed by atoms with Crippen molar-refractivity contribution in [2.75, 3.05) is 7.05 Å². The molecule has 1 N–H and O–H groups in total. The van der Waals surface area contributed by atoms with E-state index in [1.807, 2.05) is 35.2 Å². The summed E-state index contributed by atoms with van der Waals surface area (Å²) in [6, 6.07) is 11.1. The van der Waals surface area contributed by atoms with Gasteiger partial charge in [0.25, 0.3) is 0 Å². The van der Waals surface area contributed by atoms with Gasteiger partial charge in [0, 0.05) is 24.7 Å². The highest BCUT2D eigenvalue weighted by Gasteiger charge is 2.31. The van der Waals surface area contributed by atoms with E-state index in [9.17, 15) is 14.7 Å². The number of carboxylic acid groups (broad SMARTS) is 1. The van der Waals surface area contributed by atoms with Crippen LogP contribution in [-0.2, 0) is 16.1 Å². The van der Waals surface area contributed by atoms with Crippen molar-refractivity contribution in [2.24, 2.45) is 0 Å². The first-order valence-corrected chi connectivity index (χ1v) is 13.2. The van der Waals surface area contributed by atoms with Gasteiger partial charge in [-0.05, 0) is 44.7 Å². The van der Waals surface area contributed by atoms with Gasteiger partial charge in [-0.3, -0.25) is 9.59 Å². The molecule has 0 spiro atoms. The van der Waals surface area contributed by atoms with Crippen molar-refractivity contribution in [1.82, 2.24) is 9.80 Å². The van der Waals surface area contributed by atoms with Gasteiger partial charge >= 0.3 is 5.97 Å². The third-order valence-electron chi connectivity index (χ3n) is 7.29. The van der Waals surface area contributed by atoms with Crippen LogP contribution in [0.5, 0.6) is 0 Å². The fourth-order valence-electron chi connectivity index (χ4n) is 5.38. The van der Waals surface area contributed by atoms with Gasteiger partial charge in [0.2, 0.25) is 5.91 Å². The van der Waals surface area contributed by atoms with Crippen molar-refractivity contribution in [3.8, 4) is 0 Å². The van der Waals surface area contributed by atoms with Crippen LogP contribution in [0, 0.1) is 0 Å². The van der Waals surface area contributed by atoms with Crippen molar-refractivity contribution in [2.45, 2.75) is 122 Å². The summed E-state index contributed by atoms with van der Waals surface area (Å²) in [6.45, 7) is 5.02. The lowest BCUT2D eigenvalue weighted by molar-refractivity contribution is -0.146. The van der Waals surface area contributed by atoms with Gasteiger partial charge in [0.05, 0.1) is 0 Å². The van der Waals surface area contributed by atoms with Crippen LogP contribution >= 0.6 is 0 Å². The Morgan fingerprint density at radius 1 is 0.970 bits per heavy atom. The minimum atomic E-state index is -1.04. The van der Waals surface area contributed by atoms with Crippen LogP contribution in [0.3, 0.4) is 0 Å². The highest BCUT2D eigenvalue weighted by Crippen LogP contribution is 2.29. The van der Waals surface area contributed by atoms with Gasteiger partial charge in [-0.1, -0.05) is 89.1 Å². The van der Waals surface area contributed by atoms with Crippen molar-refractivity contribution in [3.05, 3.63) is 35.9 Å². The number of amides is 1. The van der Waals surface area contributed by atoms with Gasteiger partial charge in [-0.2, -0.15) is 0 Å². The van der Waals surface area contributed by atoms with Crippen LogP contribution in [0.2, 0.25) is 0 Å². The molecule has 1 fully saturated rings. The average Bonchev–Trinajstić information content (AvgIpc) is 2.77. The molecule has 3 atom stereocenters. The lowest BCUT2D eigenvalue weighted by Crippen LogP contribution is -2.48. The third-order valence-corrected chi connectivity index (χ3v) is 7.29. The van der Waals surface area contributed by atoms with Gasteiger partial charge in [0.1, 0.15) is 6.42 Å². The van der Waals surface area contributed by atoms with E-state index >= 15 is 0 Å². The molecule has 1 aliphatic rings. The fourth-order valence-corrected chi connectivity index (χ4v) is 5.38. The van der Waals surface area contributed by atoms with E-state index in [0.29, 0.717) is 18.6 Å². The molecule has 0 aromatic heterocycles. The Balaban J connectivity index is 2.21. The molecule has 1 saturated carbocycles. The fraction of sp³-hybridized carbons (Fsp3) is 0.714. The van der Waals surface area contributed by atoms with Crippen molar-refractivity contribution in [1.29, 1.82) is 0 Å². The molecule has 5 nitrogen and oxygen atoms in total. The molecule has 0 saturated heterocycles. The number of aliphatic carboxylic acids is 1. The molecule has 186 valence electrons. The summed E-state index contributed by atoms with van der Waals surface area (Å²) in [4.78, 5) is 28.9. The second-order valence-corrected chi connectivity index (χ2v) is 9.86. The van der Waals surface area contributed by atoms with Gasteiger partial charge in [0.15, 0.2) is 0 Å². The van der Waals surface area contributed by atoms with Gasteiger partial charge in [-0.25, -0.2) is 0 Å². The molecule has 0 radical (unpaired) electrons. The Bertz CT molecular complexity index is 694. The Kier molecular flexibility index (Phi) is 12.5. The molecule has 5 heteroatoms. The molecule has 0 heterocycles. The molecule has 2 rings (SSSR count). The lowest BCUT2D eigenvalue weighted by Gasteiger charge is -2.41. The molecule has 0 bridgehead atoms. The predicted molar refractivity (Wildman–Crippen MR) is 135 cm³/mol. The first-order valence-electron chi connectivity index (χ1n) is 13.2. The summed E-state index contributed by atoms with van der Waals surface area (Å²) >= 11 is 0. The average molecular weight is 459 g/mol. The summed E-state index contributed by atoms with van der Waals surface area (Å²) < 4.78 is 0. The Morgan fingerprint density at radius 3 is 2.30 bits per heavy atom. The molecule has 1 amide bonds. The molecule has 3 unspecified atom stereocenters. The molecule has 33 heavy (non-hydrogen) atoms. The van der Waals surface area contributed by atoms with Crippen LogP contribution < -0.4 is 0 Å². The predicted octanol–water partition coefficient (Wildman–Crippen LogP) is 6.26. The topological polar surface area (TPSA) is 60.9 Å². The summed E-state index contributed by atoms with van der Waals surface area (Å²) in [7, 11) is 2.29. The normalized spacial score (nSPS) is 20.1. The SMILES string of the molecule is CCCCCC(CCC)N(C)C1CCCCCC(N(Cc2ccccc2)C(=O)CC(=O)O)C1. The summed E-state index contributed by atoms with van der Waals surface area (Å²) in [6.07, 6.45) is 13.6. The van der Waals surface area contributed by atoms with Crippen LogP contribution in [-0.4, -0.2) is 52.0 Å². The highest BCUT2D eigenvalue weighted by molar-refractivity contribution is 5.93. The maximum Gasteiger partial charge on any atom is 0.312 e. The van der Waals surface area contributed by atoms with Crippen LogP contribution in [0.25, 0.3) is 0 Å². The summed E-state index contributed by atoms with van der Waals surface area (Å²) in [5.41, 5.74) is 1.06. The van der Waals surface area contributed by atoms with Crippen molar-refractivity contribution < 1.29 is 14.7 Å². The van der Waals surface area contributed by atoms with Gasteiger partial charge < -0.3 is 14.9 Å². The summed E-state index contributed by atoms with van der Waals surface area (Å²) in [5, 5.41) is 9.32. The lowest BCUT2D eigenvalue weighted by atomic mass is 9.89. The largest absolute Gasteiger partial charge is 0.481 e. The first kappa shape index (κ1) is 27.4. The molecule has 0 aliphatic heterocycles. The minimum Gasteiger partial charge on any atom is -0.481 e. The van der Waals surface area contributed by atoms with Crippen LogP contribution in [0.4, 0.5) is 0 Å². The standard InChI is InChI=1S/C28H46N2O3/c1-4-6-9-17-24(14-5-2)29(3)25-18-12-8-13-19-26(20-25)30(27(31)21-28(32)33)22-23-15-10-7-11-16-23/h7,10-11,15-16,24-26H,4-6,8-9,12-14,17-22H2,1-3H3,(H,32,33). The van der Waals surface area contributed by atoms with E-state index in [0.717, 1.165) is 31.2 Å². The number of hydrogen-bond donors (Lipinski definition) is 1. The summed E-state index contributed by atoms with van der Waals surface area (Å²) in [5.74, 6) is -1.30. The number of hydrogen-bond acceptors (Lipinski definition) is 3. The minimum absolute atomic E-state index is 0.0859. The number of carboxylic acids is 1. The molecular weight excluding hydrogens is 412 g/mol. The monoisotopic (exact) mass is 458 g/mol. The van der Waals surface area contributed by atoms with Crippen LogP contribution in [0.1, 0.15) is 103 Å². The molecule has 1 aliphatic carbocycles. The number of nitrogens with zero attached hydrogens (tertiary/aromatic N) is 2. The maximum atomic E-state index is 13.1. The second kappa shape index (κ2) is 15.1. The van der Waals surface area contributed by atoms with E-state index in [1.165, 1.54) is 51.4 Å². The maximum absolute atomic E-state index is 13.1. The van der Waals surface area contributed by atoms with E-state index in [4.69, 9.17) is 0 Å². The quantitative estimate of drug-likeness (QED) is 0.280. The second-order valence-electron chi connectivity index (χ2n) is 9.86. The first-order chi connectivity index (χ1) is 16.0. The number of carbonyl (C=O) groups is 2. The van der Waals surface area contributed by atoms with Crippen LogP contribution in [0.15, 0.2) is 30.3 Å². The smallest absolute Gasteiger partial charge is 0.312 e. The number of rotatable bonds is 13.